The lowest BCUT2D eigenvalue weighted by Crippen LogP contribution is -2.42. The van der Waals surface area contributed by atoms with E-state index in [1.54, 1.807) is 12.4 Å². The van der Waals surface area contributed by atoms with Gasteiger partial charge in [-0.25, -0.2) is 0 Å². The summed E-state index contributed by atoms with van der Waals surface area (Å²) in [7, 11) is 0. The molecule has 98 valence electrons. The van der Waals surface area contributed by atoms with Crippen LogP contribution in [0.2, 0.25) is 0 Å². The van der Waals surface area contributed by atoms with Gasteiger partial charge in [-0.1, -0.05) is 18.2 Å². The number of nitrogens with zero attached hydrogens (tertiary/aromatic N) is 2. The molecule has 1 saturated carbocycles. The van der Waals surface area contributed by atoms with Crippen molar-refractivity contribution >= 4 is 23.5 Å². The average Bonchev–Trinajstić information content (AvgIpc) is 3.02. The van der Waals surface area contributed by atoms with Gasteiger partial charge in [0.15, 0.2) is 5.11 Å². The summed E-state index contributed by atoms with van der Waals surface area (Å²) in [5.74, 6) is 1.37. The minimum atomic E-state index is 0.458. The van der Waals surface area contributed by atoms with Gasteiger partial charge in [-0.3, -0.25) is 10.4 Å². The number of hydrogen-bond donors (Lipinski definition) is 2. The van der Waals surface area contributed by atoms with E-state index in [1.165, 1.54) is 12.8 Å². The van der Waals surface area contributed by atoms with Crippen molar-refractivity contribution in [1.29, 1.82) is 0 Å². The maximum atomic E-state index is 5.24. The molecule has 1 fully saturated rings. The first-order valence-corrected chi connectivity index (χ1v) is 6.91. The van der Waals surface area contributed by atoms with Crippen molar-refractivity contribution in [2.45, 2.75) is 18.9 Å². The van der Waals surface area contributed by atoms with E-state index in [-0.39, 0.29) is 0 Å². The number of thiocarbonyl (C=S) groups is 1. The lowest BCUT2D eigenvalue weighted by Gasteiger charge is -2.20. The average molecular weight is 272 g/mol. The number of pyridine rings is 1. The Hall–Kier alpha value is -1.75. The van der Waals surface area contributed by atoms with Gasteiger partial charge in [0.2, 0.25) is 0 Å². The van der Waals surface area contributed by atoms with Crippen LogP contribution < -0.4 is 10.7 Å². The number of rotatable bonds is 3. The van der Waals surface area contributed by atoms with Crippen LogP contribution in [-0.2, 0) is 0 Å². The standard InChI is InChI=1S/C14H16N4S/c19-14(17-13-8-10-4-5-11(13)7-10)18-16-9-12-3-1-2-6-15-12/h1-6,9-11,13H,7-8H2,(H2,17,18,19)/b16-9-. The first kappa shape index (κ1) is 12.3. The van der Waals surface area contributed by atoms with Gasteiger partial charge in [0.05, 0.1) is 11.9 Å². The highest BCUT2D eigenvalue weighted by molar-refractivity contribution is 7.80. The van der Waals surface area contributed by atoms with Crippen molar-refractivity contribution in [2.75, 3.05) is 0 Å². The van der Waals surface area contributed by atoms with Gasteiger partial charge in [0.1, 0.15) is 0 Å². The fourth-order valence-electron chi connectivity index (χ4n) is 2.76. The molecule has 3 unspecified atom stereocenters. The molecule has 2 aliphatic rings. The summed E-state index contributed by atoms with van der Waals surface area (Å²) in [5.41, 5.74) is 3.65. The molecule has 1 aromatic heterocycles. The second-order valence-corrected chi connectivity index (χ2v) is 5.39. The normalized spacial score (nSPS) is 27.9. The Morgan fingerprint density at radius 1 is 1.37 bits per heavy atom. The third-order valence-corrected chi connectivity index (χ3v) is 3.86. The molecular weight excluding hydrogens is 256 g/mol. The zero-order valence-corrected chi connectivity index (χ0v) is 11.3. The van der Waals surface area contributed by atoms with E-state index in [9.17, 15) is 0 Å². The minimum absolute atomic E-state index is 0.458. The summed E-state index contributed by atoms with van der Waals surface area (Å²) in [4.78, 5) is 4.15. The van der Waals surface area contributed by atoms with Crippen molar-refractivity contribution in [2.24, 2.45) is 16.9 Å². The third-order valence-electron chi connectivity index (χ3n) is 3.65. The molecule has 19 heavy (non-hydrogen) atoms. The molecule has 5 heteroatoms. The molecule has 3 atom stereocenters. The van der Waals surface area contributed by atoms with Gasteiger partial charge in [-0.2, -0.15) is 5.10 Å². The van der Waals surface area contributed by atoms with Gasteiger partial charge in [-0.15, -0.1) is 0 Å². The van der Waals surface area contributed by atoms with Gasteiger partial charge in [0.25, 0.3) is 0 Å². The molecule has 0 aliphatic heterocycles. The molecule has 0 saturated heterocycles. The predicted octanol–water partition coefficient (Wildman–Crippen LogP) is 1.84. The highest BCUT2D eigenvalue weighted by Gasteiger charge is 2.35. The molecule has 1 aromatic rings. The van der Waals surface area contributed by atoms with Crippen molar-refractivity contribution in [3.8, 4) is 0 Å². The van der Waals surface area contributed by atoms with Crippen LogP contribution in [-0.4, -0.2) is 22.4 Å². The zero-order chi connectivity index (χ0) is 13.1. The number of allylic oxidation sites excluding steroid dienone is 1. The highest BCUT2D eigenvalue weighted by atomic mass is 32.1. The largest absolute Gasteiger partial charge is 0.358 e. The van der Waals surface area contributed by atoms with Crippen molar-refractivity contribution in [3.05, 3.63) is 42.2 Å². The van der Waals surface area contributed by atoms with Crippen molar-refractivity contribution in [3.63, 3.8) is 0 Å². The van der Waals surface area contributed by atoms with Crippen LogP contribution in [0.4, 0.5) is 0 Å². The Morgan fingerprint density at radius 3 is 3.00 bits per heavy atom. The SMILES string of the molecule is S=C(N/N=C\c1ccccn1)NC1CC2C=CC1C2. The van der Waals surface area contributed by atoms with E-state index in [1.807, 2.05) is 18.2 Å². The Labute approximate surface area is 118 Å². The Kier molecular flexibility index (Phi) is 3.55. The van der Waals surface area contributed by atoms with Crippen LogP contribution in [0, 0.1) is 11.8 Å². The van der Waals surface area contributed by atoms with Crippen LogP contribution in [0.5, 0.6) is 0 Å². The molecule has 0 radical (unpaired) electrons. The van der Waals surface area contributed by atoms with E-state index >= 15 is 0 Å². The van der Waals surface area contributed by atoms with Crippen molar-refractivity contribution < 1.29 is 0 Å². The monoisotopic (exact) mass is 272 g/mol. The third kappa shape index (κ3) is 2.98. The summed E-state index contributed by atoms with van der Waals surface area (Å²) in [6.07, 6.45) is 10.4. The number of nitrogens with one attached hydrogen (secondary N) is 2. The Morgan fingerprint density at radius 2 is 2.32 bits per heavy atom. The molecule has 3 rings (SSSR count). The lowest BCUT2D eigenvalue weighted by atomic mass is 10.0. The maximum Gasteiger partial charge on any atom is 0.187 e. The molecule has 4 nitrogen and oxygen atoms in total. The summed E-state index contributed by atoms with van der Waals surface area (Å²) in [5, 5.41) is 8.00. The summed E-state index contributed by atoms with van der Waals surface area (Å²) in [6, 6.07) is 6.15. The first-order chi connectivity index (χ1) is 9.31. The second kappa shape index (κ2) is 5.48. The molecule has 2 aliphatic carbocycles. The summed E-state index contributed by atoms with van der Waals surface area (Å²) < 4.78 is 0. The molecule has 0 amide bonds. The van der Waals surface area contributed by atoms with E-state index in [4.69, 9.17) is 12.2 Å². The van der Waals surface area contributed by atoms with Gasteiger partial charge < -0.3 is 5.32 Å². The maximum absolute atomic E-state index is 5.24. The lowest BCUT2D eigenvalue weighted by molar-refractivity contribution is 0.521. The molecule has 2 bridgehead atoms. The number of hydrazone groups is 1. The predicted molar refractivity (Wildman–Crippen MR) is 79.8 cm³/mol. The van der Waals surface area contributed by atoms with Gasteiger partial charge in [-0.05, 0) is 49.0 Å². The van der Waals surface area contributed by atoms with Crippen molar-refractivity contribution in [1.82, 2.24) is 15.7 Å². The molecule has 2 N–H and O–H groups in total. The molecule has 0 aromatic carbocycles. The highest BCUT2D eigenvalue weighted by Crippen LogP contribution is 2.38. The van der Waals surface area contributed by atoms with Crippen LogP contribution >= 0.6 is 12.2 Å². The fourth-order valence-corrected chi connectivity index (χ4v) is 2.96. The topological polar surface area (TPSA) is 49.3 Å². The number of hydrogen-bond acceptors (Lipinski definition) is 3. The first-order valence-electron chi connectivity index (χ1n) is 6.50. The molecule has 1 heterocycles. The molecule has 0 spiro atoms. The van der Waals surface area contributed by atoms with Crippen LogP contribution in [0.1, 0.15) is 18.5 Å². The fraction of sp³-hybridized carbons (Fsp3) is 0.357. The van der Waals surface area contributed by atoms with E-state index in [0.29, 0.717) is 17.1 Å². The minimum Gasteiger partial charge on any atom is -0.358 e. The van der Waals surface area contributed by atoms with E-state index in [0.717, 1.165) is 11.6 Å². The Balaban J connectivity index is 1.47. The zero-order valence-electron chi connectivity index (χ0n) is 10.5. The number of fused-ring (bicyclic) bond motifs is 2. The quantitative estimate of drug-likeness (QED) is 0.381. The Bertz CT molecular complexity index is 511. The summed E-state index contributed by atoms with van der Waals surface area (Å²) in [6.45, 7) is 0. The van der Waals surface area contributed by atoms with Gasteiger partial charge >= 0.3 is 0 Å². The van der Waals surface area contributed by atoms with Gasteiger partial charge in [0, 0.05) is 12.2 Å². The van der Waals surface area contributed by atoms with E-state index < -0.39 is 0 Å². The summed E-state index contributed by atoms with van der Waals surface area (Å²) >= 11 is 5.24. The smallest absolute Gasteiger partial charge is 0.187 e. The van der Waals surface area contributed by atoms with Crippen LogP contribution in [0.25, 0.3) is 0 Å². The van der Waals surface area contributed by atoms with E-state index in [2.05, 4.69) is 33.0 Å². The number of aromatic nitrogens is 1. The van der Waals surface area contributed by atoms with Crippen LogP contribution in [0.3, 0.4) is 0 Å². The van der Waals surface area contributed by atoms with Crippen LogP contribution in [0.15, 0.2) is 41.6 Å². The second-order valence-electron chi connectivity index (χ2n) is 4.98. The molecular formula is C14H16N4S.